The summed E-state index contributed by atoms with van der Waals surface area (Å²) in [5.74, 6) is -0.0331. The predicted octanol–water partition coefficient (Wildman–Crippen LogP) is 2.76. The minimum atomic E-state index is -0.0331. The maximum atomic E-state index is 11.6. The second-order valence-electron chi connectivity index (χ2n) is 3.33. The number of unbranched alkanes of at least 4 members (excludes halogenated alkanes) is 2. The largest absolute Gasteiger partial charge is 0.352 e. The molecule has 3 nitrogen and oxygen atoms in total. The molecule has 0 bridgehead atoms. The molecule has 0 aromatic carbocycles. The van der Waals surface area contributed by atoms with Crippen molar-refractivity contribution in [1.29, 1.82) is 0 Å². The lowest BCUT2D eigenvalue weighted by molar-refractivity contribution is 0.0953. The number of pyridine rings is 1. The Morgan fingerprint density at radius 2 is 2.33 bits per heavy atom. The third-order valence-electron chi connectivity index (χ3n) is 2.05. The minimum Gasteiger partial charge on any atom is -0.352 e. The molecule has 1 aromatic rings. The Kier molecular flexibility index (Phi) is 5.32. The zero-order chi connectivity index (χ0) is 11.1. The third-order valence-corrected chi connectivity index (χ3v) is 2.49. The van der Waals surface area contributed by atoms with E-state index in [1.807, 2.05) is 0 Å². The van der Waals surface area contributed by atoms with Crippen molar-refractivity contribution in [2.75, 3.05) is 6.54 Å². The van der Waals surface area contributed by atoms with Crippen LogP contribution in [0, 0.1) is 0 Å². The van der Waals surface area contributed by atoms with E-state index in [4.69, 9.17) is 0 Å². The Labute approximate surface area is 98.4 Å². The van der Waals surface area contributed by atoms with Crippen LogP contribution in [0.5, 0.6) is 0 Å². The maximum Gasteiger partial charge on any atom is 0.251 e. The fourth-order valence-electron chi connectivity index (χ4n) is 1.22. The molecule has 4 heteroatoms. The van der Waals surface area contributed by atoms with E-state index in [2.05, 4.69) is 33.2 Å². The van der Waals surface area contributed by atoms with Crippen LogP contribution in [0.2, 0.25) is 0 Å². The summed E-state index contributed by atoms with van der Waals surface area (Å²) >= 11 is 3.23. The Morgan fingerprint density at radius 3 is 3.00 bits per heavy atom. The highest BCUT2D eigenvalue weighted by Gasteiger charge is 2.04. The average molecular weight is 271 g/mol. The van der Waals surface area contributed by atoms with Crippen LogP contribution in [0.4, 0.5) is 0 Å². The van der Waals surface area contributed by atoms with Crippen molar-refractivity contribution in [3.63, 3.8) is 0 Å². The van der Waals surface area contributed by atoms with Crippen LogP contribution in [0.3, 0.4) is 0 Å². The summed E-state index contributed by atoms with van der Waals surface area (Å²) in [7, 11) is 0. The fraction of sp³-hybridized carbons (Fsp3) is 0.455. The van der Waals surface area contributed by atoms with Crippen molar-refractivity contribution in [2.24, 2.45) is 0 Å². The normalized spacial score (nSPS) is 10.0. The highest BCUT2D eigenvalue weighted by atomic mass is 79.9. The van der Waals surface area contributed by atoms with Gasteiger partial charge in [-0.1, -0.05) is 19.8 Å². The molecule has 0 fully saturated rings. The minimum absolute atomic E-state index is 0.0331. The van der Waals surface area contributed by atoms with Gasteiger partial charge in [0, 0.05) is 18.3 Å². The molecule has 0 unspecified atom stereocenters. The molecular weight excluding hydrogens is 256 g/mol. The van der Waals surface area contributed by atoms with Gasteiger partial charge in [0.25, 0.3) is 5.91 Å². The molecule has 0 aliphatic carbocycles. The van der Waals surface area contributed by atoms with Gasteiger partial charge in [0.05, 0.1) is 0 Å². The highest BCUT2D eigenvalue weighted by Crippen LogP contribution is 2.07. The molecule has 1 amide bonds. The summed E-state index contributed by atoms with van der Waals surface area (Å²) in [6.45, 7) is 2.88. The van der Waals surface area contributed by atoms with Crippen LogP contribution in [-0.2, 0) is 0 Å². The highest BCUT2D eigenvalue weighted by molar-refractivity contribution is 9.10. The Balaban J connectivity index is 2.40. The van der Waals surface area contributed by atoms with Gasteiger partial charge in [-0.3, -0.25) is 4.79 Å². The topological polar surface area (TPSA) is 42.0 Å². The Bertz CT molecular complexity index is 328. The van der Waals surface area contributed by atoms with Crippen LogP contribution in [0.1, 0.15) is 36.5 Å². The maximum absolute atomic E-state index is 11.6. The van der Waals surface area contributed by atoms with Crippen LogP contribution in [0.25, 0.3) is 0 Å². The molecule has 0 saturated carbocycles. The van der Waals surface area contributed by atoms with E-state index in [1.165, 1.54) is 0 Å². The molecule has 15 heavy (non-hydrogen) atoms. The number of nitrogens with zero attached hydrogens (tertiary/aromatic N) is 1. The molecule has 0 radical (unpaired) electrons. The number of aromatic nitrogens is 1. The van der Waals surface area contributed by atoms with Crippen LogP contribution < -0.4 is 5.32 Å². The summed E-state index contributed by atoms with van der Waals surface area (Å²) in [6.07, 6.45) is 4.97. The third kappa shape index (κ3) is 4.42. The molecule has 0 aliphatic heterocycles. The second-order valence-corrected chi connectivity index (χ2v) is 4.14. The predicted molar refractivity (Wildman–Crippen MR) is 63.8 cm³/mol. The number of nitrogens with one attached hydrogen (secondary N) is 1. The second kappa shape index (κ2) is 6.56. The van der Waals surface area contributed by atoms with E-state index in [0.29, 0.717) is 10.2 Å². The van der Waals surface area contributed by atoms with Gasteiger partial charge < -0.3 is 5.32 Å². The molecule has 0 spiro atoms. The van der Waals surface area contributed by atoms with E-state index >= 15 is 0 Å². The Morgan fingerprint density at radius 1 is 1.53 bits per heavy atom. The summed E-state index contributed by atoms with van der Waals surface area (Å²) in [4.78, 5) is 15.6. The zero-order valence-corrected chi connectivity index (χ0v) is 10.4. The molecule has 0 saturated heterocycles. The van der Waals surface area contributed by atoms with Gasteiger partial charge >= 0.3 is 0 Å². The molecule has 1 rings (SSSR count). The number of amides is 1. The lowest BCUT2D eigenvalue weighted by Gasteiger charge is -2.04. The molecule has 1 aromatic heterocycles. The Hall–Kier alpha value is -0.900. The van der Waals surface area contributed by atoms with Crippen LogP contribution in [0.15, 0.2) is 22.9 Å². The van der Waals surface area contributed by atoms with Crippen molar-refractivity contribution in [2.45, 2.75) is 26.2 Å². The number of rotatable bonds is 5. The van der Waals surface area contributed by atoms with E-state index < -0.39 is 0 Å². The number of carbonyl (C=O) groups excluding carboxylic acids is 1. The fourth-order valence-corrected chi connectivity index (χ4v) is 1.59. The molecule has 0 aliphatic rings. The lowest BCUT2D eigenvalue weighted by Crippen LogP contribution is -2.24. The van der Waals surface area contributed by atoms with E-state index in [-0.39, 0.29) is 5.91 Å². The van der Waals surface area contributed by atoms with E-state index in [1.54, 1.807) is 18.3 Å². The number of hydrogen-bond donors (Lipinski definition) is 1. The monoisotopic (exact) mass is 270 g/mol. The van der Waals surface area contributed by atoms with Gasteiger partial charge in [0.2, 0.25) is 0 Å². The van der Waals surface area contributed by atoms with Crippen molar-refractivity contribution in [3.8, 4) is 0 Å². The van der Waals surface area contributed by atoms with Crippen molar-refractivity contribution < 1.29 is 4.79 Å². The first-order chi connectivity index (χ1) is 7.24. The van der Waals surface area contributed by atoms with Gasteiger partial charge in [0.15, 0.2) is 0 Å². The van der Waals surface area contributed by atoms with Crippen molar-refractivity contribution in [1.82, 2.24) is 10.3 Å². The van der Waals surface area contributed by atoms with Gasteiger partial charge in [0.1, 0.15) is 4.60 Å². The van der Waals surface area contributed by atoms with Gasteiger partial charge in [-0.25, -0.2) is 4.98 Å². The zero-order valence-electron chi connectivity index (χ0n) is 8.79. The first-order valence-electron chi connectivity index (χ1n) is 5.13. The summed E-state index contributed by atoms with van der Waals surface area (Å²) in [6, 6.07) is 3.43. The van der Waals surface area contributed by atoms with Gasteiger partial charge in [-0.05, 0) is 34.5 Å². The van der Waals surface area contributed by atoms with Crippen molar-refractivity contribution in [3.05, 3.63) is 28.5 Å². The lowest BCUT2D eigenvalue weighted by atomic mass is 10.2. The number of hydrogen-bond acceptors (Lipinski definition) is 2. The summed E-state index contributed by atoms with van der Waals surface area (Å²) < 4.78 is 0.684. The van der Waals surface area contributed by atoms with Gasteiger partial charge in [-0.15, -0.1) is 0 Å². The molecular formula is C11H15BrN2O. The van der Waals surface area contributed by atoms with E-state index in [9.17, 15) is 4.79 Å². The van der Waals surface area contributed by atoms with Crippen molar-refractivity contribution >= 4 is 21.8 Å². The summed E-state index contributed by atoms with van der Waals surface area (Å²) in [5, 5.41) is 2.87. The van der Waals surface area contributed by atoms with Crippen LogP contribution in [-0.4, -0.2) is 17.4 Å². The summed E-state index contributed by atoms with van der Waals surface area (Å²) in [5.41, 5.74) is 0.647. The number of halogens is 1. The first-order valence-corrected chi connectivity index (χ1v) is 5.93. The standard InChI is InChI=1S/C11H15BrN2O/c1-2-3-4-6-14-11(15)9-5-7-13-10(12)8-9/h5,7-8H,2-4,6H2,1H3,(H,14,15). The average Bonchev–Trinajstić information content (AvgIpc) is 2.24. The first kappa shape index (κ1) is 12.2. The molecule has 82 valence electrons. The SMILES string of the molecule is CCCCCNC(=O)c1ccnc(Br)c1. The smallest absolute Gasteiger partial charge is 0.251 e. The molecule has 0 atom stereocenters. The van der Waals surface area contributed by atoms with Crippen LogP contribution >= 0.6 is 15.9 Å². The molecule has 1 N–H and O–H groups in total. The quantitative estimate of drug-likeness (QED) is 0.661. The van der Waals surface area contributed by atoms with Gasteiger partial charge in [-0.2, -0.15) is 0 Å². The van der Waals surface area contributed by atoms with E-state index in [0.717, 1.165) is 25.8 Å². The molecule has 1 heterocycles. The number of carbonyl (C=O) groups is 1.